The van der Waals surface area contributed by atoms with E-state index in [0.717, 1.165) is 51.7 Å². The Morgan fingerprint density at radius 3 is 2.88 bits per heavy atom. The van der Waals surface area contributed by atoms with Crippen molar-refractivity contribution >= 4 is 32.6 Å². The first-order valence-corrected chi connectivity index (χ1v) is 9.67. The zero-order valence-electron chi connectivity index (χ0n) is 14.6. The highest BCUT2D eigenvalue weighted by Crippen LogP contribution is 2.35. The molecular formula is C21H20BrNO3. The van der Waals surface area contributed by atoms with Crippen LogP contribution >= 0.6 is 15.9 Å². The topological polar surface area (TPSA) is 42.7 Å². The lowest BCUT2D eigenvalue weighted by molar-refractivity contribution is 0.289. The molecule has 0 N–H and O–H groups in total. The molecule has 1 aliphatic heterocycles. The van der Waals surface area contributed by atoms with Gasteiger partial charge >= 0.3 is 5.63 Å². The van der Waals surface area contributed by atoms with Crippen molar-refractivity contribution in [2.45, 2.75) is 32.7 Å². The highest BCUT2D eigenvalue weighted by Gasteiger charge is 2.22. The fourth-order valence-corrected chi connectivity index (χ4v) is 3.80. The van der Waals surface area contributed by atoms with Crippen molar-refractivity contribution in [2.24, 2.45) is 0 Å². The molecule has 0 unspecified atom stereocenters. The molecule has 4 rings (SSSR count). The Morgan fingerprint density at radius 1 is 1.19 bits per heavy atom. The molecule has 0 atom stereocenters. The molecule has 4 nitrogen and oxygen atoms in total. The molecule has 1 aromatic heterocycles. The SMILES string of the molecule is CCCCc1cc(=O)oc2c3c(ccc12)OCN(c1cccc(Br)c1)C3. The highest BCUT2D eigenvalue weighted by molar-refractivity contribution is 9.10. The second kappa shape index (κ2) is 7.16. The average molecular weight is 414 g/mol. The summed E-state index contributed by atoms with van der Waals surface area (Å²) in [6, 6.07) is 13.7. The van der Waals surface area contributed by atoms with E-state index in [1.165, 1.54) is 0 Å². The van der Waals surface area contributed by atoms with E-state index >= 15 is 0 Å². The maximum atomic E-state index is 12.1. The Hall–Kier alpha value is -2.27. The molecule has 0 amide bonds. The summed E-state index contributed by atoms with van der Waals surface area (Å²) >= 11 is 3.52. The fraction of sp³-hybridized carbons (Fsp3) is 0.286. The van der Waals surface area contributed by atoms with Crippen LogP contribution in [0.3, 0.4) is 0 Å². The summed E-state index contributed by atoms with van der Waals surface area (Å²) < 4.78 is 12.6. The zero-order valence-corrected chi connectivity index (χ0v) is 16.2. The second-order valence-electron chi connectivity index (χ2n) is 6.56. The minimum absolute atomic E-state index is 0.295. The van der Waals surface area contributed by atoms with Crippen molar-refractivity contribution in [1.29, 1.82) is 0 Å². The molecule has 0 saturated carbocycles. The van der Waals surface area contributed by atoms with Gasteiger partial charge in [0.05, 0.1) is 12.1 Å². The largest absolute Gasteiger partial charge is 0.473 e. The Bertz CT molecular complexity index is 1010. The summed E-state index contributed by atoms with van der Waals surface area (Å²) in [6.07, 6.45) is 3.02. The smallest absolute Gasteiger partial charge is 0.336 e. The van der Waals surface area contributed by atoms with Gasteiger partial charge in [0.25, 0.3) is 0 Å². The van der Waals surface area contributed by atoms with E-state index in [1.807, 2.05) is 30.3 Å². The van der Waals surface area contributed by atoms with Crippen molar-refractivity contribution in [3.63, 3.8) is 0 Å². The number of aryl methyl sites for hydroxylation is 1. The zero-order chi connectivity index (χ0) is 18.1. The number of nitrogens with zero attached hydrogens (tertiary/aromatic N) is 1. The van der Waals surface area contributed by atoms with Gasteiger partial charge in [-0.2, -0.15) is 0 Å². The van der Waals surface area contributed by atoms with Gasteiger partial charge in [0.15, 0.2) is 6.73 Å². The Morgan fingerprint density at radius 2 is 2.08 bits per heavy atom. The first kappa shape index (κ1) is 17.2. The maximum absolute atomic E-state index is 12.1. The normalized spacial score (nSPS) is 13.5. The first-order chi connectivity index (χ1) is 12.7. The summed E-state index contributed by atoms with van der Waals surface area (Å²) in [5.41, 5.74) is 3.41. The standard InChI is InChI=1S/C21H20BrNO3/c1-2-3-5-14-10-20(24)26-21-17(14)8-9-19-18(21)12-23(13-25-19)16-7-4-6-15(22)11-16/h4,6-11H,2-3,5,12-13H2,1H3. The number of hydrogen-bond acceptors (Lipinski definition) is 4. The highest BCUT2D eigenvalue weighted by atomic mass is 79.9. The first-order valence-electron chi connectivity index (χ1n) is 8.87. The molecule has 5 heteroatoms. The number of fused-ring (bicyclic) bond motifs is 3. The molecule has 2 heterocycles. The summed E-state index contributed by atoms with van der Waals surface area (Å²) in [6.45, 7) is 3.26. The average Bonchev–Trinajstić information content (AvgIpc) is 2.65. The van der Waals surface area contributed by atoms with Gasteiger partial charge in [-0.25, -0.2) is 4.79 Å². The lowest BCUT2D eigenvalue weighted by atomic mass is 10.0. The van der Waals surface area contributed by atoms with E-state index in [9.17, 15) is 4.79 Å². The molecule has 1 aliphatic rings. The number of unbranched alkanes of at least 4 members (excludes halogenated alkanes) is 1. The van der Waals surface area contributed by atoms with E-state index in [-0.39, 0.29) is 5.63 Å². The van der Waals surface area contributed by atoms with Crippen LogP contribution in [0.5, 0.6) is 5.75 Å². The van der Waals surface area contributed by atoms with E-state index in [4.69, 9.17) is 9.15 Å². The van der Waals surface area contributed by atoms with Gasteiger partial charge in [0, 0.05) is 21.6 Å². The van der Waals surface area contributed by atoms with Crippen molar-refractivity contribution in [3.8, 4) is 5.75 Å². The van der Waals surface area contributed by atoms with E-state index in [0.29, 0.717) is 18.9 Å². The molecule has 0 aliphatic carbocycles. The van der Waals surface area contributed by atoms with Gasteiger partial charge in [-0.15, -0.1) is 0 Å². The van der Waals surface area contributed by atoms with Crippen LogP contribution in [0.25, 0.3) is 11.0 Å². The molecule has 0 saturated heterocycles. The summed E-state index contributed by atoms with van der Waals surface area (Å²) in [4.78, 5) is 14.3. The van der Waals surface area contributed by atoms with Crippen LogP contribution in [0, 0.1) is 0 Å². The van der Waals surface area contributed by atoms with Gasteiger partial charge in [0.1, 0.15) is 11.3 Å². The third-order valence-corrected chi connectivity index (χ3v) is 5.25. The number of halogens is 1. The maximum Gasteiger partial charge on any atom is 0.336 e. The van der Waals surface area contributed by atoms with E-state index in [1.54, 1.807) is 6.07 Å². The van der Waals surface area contributed by atoms with Crippen LogP contribution in [0.4, 0.5) is 5.69 Å². The van der Waals surface area contributed by atoms with Crippen LogP contribution in [0.2, 0.25) is 0 Å². The minimum atomic E-state index is -0.295. The predicted octanol–water partition coefficient (Wildman–Crippen LogP) is 5.25. The minimum Gasteiger partial charge on any atom is -0.473 e. The predicted molar refractivity (Wildman–Crippen MR) is 107 cm³/mol. The molecule has 2 aromatic carbocycles. The lowest BCUT2D eigenvalue weighted by Crippen LogP contribution is -2.32. The lowest BCUT2D eigenvalue weighted by Gasteiger charge is -2.31. The molecule has 26 heavy (non-hydrogen) atoms. The van der Waals surface area contributed by atoms with Crippen LogP contribution in [-0.2, 0) is 13.0 Å². The van der Waals surface area contributed by atoms with Gasteiger partial charge in [-0.3, -0.25) is 0 Å². The molecule has 0 radical (unpaired) electrons. The van der Waals surface area contributed by atoms with Crippen LogP contribution < -0.4 is 15.3 Å². The van der Waals surface area contributed by atoms with Crippen LogP contribution in [-0.4, -0.2) is 6.73 Å². The molecular weight excluding hydrogens is 394 g/mol. The van der Waals surface area contributed by atoms with Crippen molar-refractivity contribution in [1.82, 2.24) is 0 Å². The molecule has 0 bridgehead atoms. The number of hydrogen-bond donors (Lipinski definition) is 0. The number of anilines is 1. The Kier molecular flexibility index (Phi) is 4.72. The van der Waals surface area contributed by atoms with E-state index in [2.05, 4.69) is 33.8 Å². The van der Waals surface area contributed by atoms with Gasteiger partial charge in [-0.05, 0) is 48.7 Å². The van der Waals surface area contributed by atoms with Crippen molar-refractivity contribution in [3.05, 3.63) is 68.5 Å². The molecule has 0 fully saturated rings. The number of ether oxygens (including phenoxy) is 1. The third-order valence-electron chi connectivity index (χ3n) is 4.76. The van der Waals surface area contributed by atoms with Crippen LogP contribution in [0.1, 0.15) is 30.9 Å². The summed E-state index contributed by atoms with van der Waals surface area (Å²) in [7, 11) is 0. The summed E-state index contributed by atoms with van der Waals surface area (Å²) in [5, 5.41) is 1.01. The Balaban J connectivity index is 1.79. The third kappa shape index (κ3) is 3.23. The van der Waals surface area contributed by atoms with Crippen molar-refractivity contribution < 1.29 is 9.15 Å². The van der Waals surface area contributed by atoms with Crippen molar-refractivity contribution in [2.75, 3.05) is 11.6 Å². The van der Waals surface area contributed by atoms with Gasteiger partial charge in [0.2, 0.25) is 0 Å². The molecule has 0 spiro atoms. The van der Waals surface area contributed by atoms with E-state index < -0.39 is 0 Å². The quantitative estimate of drug-likeness (QED) is 0.547. The second-order valence-corrected chi connectivity index (χ2v) is 7.48. The van der Waals surface area contributed by atoms with Gasteiger partial charge < -0.3 is 14.1 Å². The number of rotatable bonds is 4. The van der Waals surface area contributed by atoms with Gasteiger partial charge in [-0.1, -0.05) is 35.3 Å². The molecule has 134 valence electrons. The molecule has 3 aromatic rings. The summed E-state index contributed by atoms with van der Waals surface area (Å²) in [5.74, 6) is 0.791. The van der Waals surface area contributed by atoms with Crippen LogP contribution in [0.15, 0.2) is 56.1 Å². The number of benzene rings is 2. The monoisotopic (exact) mass is 413 g/mol. The fourth-order valence-electron chi connectivity index (χ4n) is 3.41. The Labute approximate surface area is 160 Å².